The van der Waals surface area contributed by atoms with E-state index in [9.17, 15) is 0 Å². The lowest BCUT2D eigenvalue weighted by Gasteiger charge is -1.84. The van der Waals surface area contributed by atoms with Crippen LogP contribution in [0.25, 0.3) is 0 Å². The van der Waals surface area contributed by atoms with Crippen LogP contribution in [0, 0.1) is 0 Å². The van der Waals surface area contributed by atoms with Gasteiger partial charge in [0.05, 0.1) is 6.20 Å². The Morgan fingerprint density at radius 3 is 2.88 bits per heavy atom. The van der Waals surface area contributed by atoms with Crippen molar-refractivity contribution in [1.82, 2.24) is 14.4 Å². The van der Waals surface area contributed by atoms with Crippen molar-refractivity contribution < 1.29 is 0 Å². The first-order valence-corrected chi connectivity index (χ1v) is 3.23. The molecule has 0 aliphatic rings. The van der Waals surface area contributed by atoms with Gasteiger partial charge in [-0.25, -0.2) is 0 Å². The number of hydrogen-bond donors (Lipinski definition) is 1. The Hall–Kier alpha value is -0.710. The molecule has 5 heteroatoms. The van der Waals surface area contributed by atoms with Gasteiger partial charge >= 0.3 is 0 Å². The second-order valence-corrected chi connectivity index (χ2v) is 1.97. The highest BCUT2D eigenvalue weighted by Gasteiger charge is 1.89. The number of nitrogens with zero attached hydrogens (tertiary/aromatic N) is 3. The molecule has 0 unspecified atom stereocenters. The van der Waals surface area contributed by atoms with E-state index in [4.69, 9.17) is 5.73 Å². The lowest BCUT2D eigenvalue weighted by Crippen LogP contribution is -1.83. The maximum absolute atomic E-state index is 5.25. The molecule has 0 spiro atoms. The lowest BCUT2D eigenvalue weighted by molar-refractivity contribution is 0.894. The molecule has 1 rings (SSSR count). The Labute approximate surface area is 51.2 Å². The van der Waals surface area contributed by atoms with E-state index in [1.807, 2.05) is 6.26 Å². The van der Waals surface area contributed by atoms with Crippen LogP contribution < -0.4 is 5.73 Å². The number of nitrogens with two attached hydrogens (primary N) is 1. The predicted molar refractivity (Wildman–Crippen MR) is 33.3 cm³/mol. The molecular formula is C3H6N4S. The maximum Gasteiger partial charge on any atom is 0.167 e. The van der Waals surface area contributed by atoms with Gasteiger partial charge in [0, 0.05) is 6.26 Å². The number of anilines is 1. The van der Waals surface area contributed by atoms with Crippen molar-refractivity contribution in [2.75, 3.05) is 12.0 Å². The zero-order valence-electron chi connectivity index (χ0n) is 4.40. The van der Waals surface area contributed by atoms with E-state index in [1.54, 1.807) is 10.3 Å². The Bertz CT molecular complexity index is 172. The summed E-state index contributed by atoms with van der Waals surface area (Å²) in [5, 5.41) is 7.20. The molecule has 8 heavy (non-hydrogen) atoms. The molecule has 1 aromatic rings. The highest BCUT2D eigenvalue weighted by atomic mass is 32.2. The van der Waals surface area contributed by atoms with Crippen LogP contribution in [0.2, 0.25) is 0 Å². The fourth-order valence-corrected chi connectivity index (χ4v) is 0.673. The summed E-state index contributed by atoms with van der Waals surface area (Å²) in [6.07, 6.45) is 3.55. The Kier molecular flexibility index (Phi) is 1.38. The largest absolute Gasteiger partial charge is 0.381 e. The average Bonchev–Trinajstić information content (AvgIpc) is 2.14. The minimum atomic E-state index is 0.458. The third-order valence-electron chi connectivity index (χ3n) is 0.678. The van der Waals surface area contributed by atoms with Gasteiger partial charge in [0.25, 0.3) is 0 Å². The Morgan fingerprint density at radius 1 is 1.88 bits per heavy atom. The summed E-state index contributed by atoms with van der Waals surface area (Å²) in [6.45, 7) is 0. The Morgan fingerprint density at radius 2 is 2.62 bits per heavy atom. The van der Waals surface area contributed by atoms with Gasteiger partial charge < -0.3 is 5.73 Å². The van der Waals surface area contributed by atoms with Crippen LogP contribution in [0.5, 0.6) is 0 Å². The second-order valence-electron chi connectivity index (χ2n) is 1.23. The maximum atomic E-state index is 5.25. The van der Waals surface area contributed by atoms with E-state index >= 15 is 0 Å². The van der Waals surface area contributed by atoms with Crippen molar-refractivity contribution in [3.63, 3.8) is 0 Å². The van der Waals surface area contributed by atoms with Gasteiger partial charge in [-0.05, 0) is 11.9 Å². The molecule has 0 aliphatic heterocycles. The van der Waals surface area contributed by atoms with Gasteiger partial charge in [-0.3, -0.25) is 0 Å². The first kappa shape index (κ1) is 5.43. The first-order chi connectivity index (χ1) is 3.83. The third-order valence-corrected chi connectivity index (χ3v) is 1.23. The molecule has 0 saturated heterocycles. The van der Waals surface area contributed by atoms with E-state index in [-0.39, 0.29) is 0 Å². The van der Waals surface area contributed by atoms with Crippen LogP contribution in [0.15, 0.2) is 6.20 Å². The molecule has 0 radical (unpaired) electrons. The standard InChI is InChI=1S/C3H6N4S/c1-8-7-2-3(4)5-6-7/h2H,4H2,1H3. The monoisotopic (exact) mass is 130 g/mol. The molecule has 0 saturated carbocycles. The summed E-state index contributed by atoms with van der Waals surface area (Å²) in [7, 11) is 0. The average molecular weight is 130 g/mol. The summed E-state index contributed by atoms with van der Waals surface area (Å²) in [4.78, 5) is 0. The van der Waals surface area contributed by atoms with E-state index in [0.717, 1.165) is 0 Å². The Balaban J connectivity index is 2.84. The van der Waals surface area contributed by atoms with Crippen LogP contribution >= 0.6 is 11.9 Å². The number of rotatable bonds is 1. The quantitative estimate of drug-likeness (QED) is 0.580. The van der Waals surface area contributed by atoms with Gasteiger partial charge in [-0.1, -0.05) is 5.21 Å². The molecule has 0 aliphatic carbocycles. The topological polar surface area (TPSA) is 56.7 Å². The van der Waals surface area contributed by atoms with E-state index in [0.29, 0.717) is 5.82 Å². The molecule has 2 N–H and O–H groups in total. The van der Waals surface area contributed by atoms with Crippen LogP contribution in [0.3, 0.4) is 0 Å². The fourth-order valence-electron chi connectivity index (χ4n) is 0.350. The third kappa shape index (κ3) is 0.919. The van der Waals surface area contributed by atoms with Gasteiger partial charge in [-0.2, -0.15) is 4.09 Å². The van der Waals surface area contributed by atoms with Crippen LogP contribution in [-0.4, -0.2) is 20.7 Å². The zero-order chi connectivity index (χ0) is 5.98. The van der Waals surface area contributed by atoms with Gasteiger partial charge in [0.15, 0.2) is 5.82 Å². The summed E-state index contributed by atoms with van der Waals surface area (Å²) in [6, 6.07) is 0. The molecule has 0 aromatic carbocycles. The highest BCUT2D eigenvalue weighted by Crippen LogP contribution is 1.99. The number of nitrogen functional groups attached to an aromatic ring is 1. The first-order valence-electron chi connectivity index (χ1n) is 2.05. The minimum absolute atomic E-state index is 0.458. The van der Waals surface area contributed by atoms with E-state index in [2.05, 4.69) is 10.3 Å². The summed E-state index contributed by atoms with van der Waals surface area (Å²) in [5.74, 6) is 0.458. The van der Waals surface area contributed by atoms with E-state index in [1.165, 1.54) is 11.9 Å². The lowest BCUT2D eigenvalue weighted by atomic mass is 10.8. The normalized spacial score (nSPS) is 9.62. The summed E-state index contributed by atoms with van der Waals surface area (Å²) in [5.41, 5.74) is 5.25. The molecule has 0 bridgehead atoms. The molecular weight excluding hydrogens is 124 g/mol. The van der Waals surface area contributed by atoms with E-state index < -0.39 is 0 Å². The SMILES string of the molecule is CSn1cc(N)nn1. The molecule has 44 valence electrons. The molecule has 0 amide bonds. The summed E-state index contributed by atoms with van der Waals surface area (Å²) >= 11 is 1.45. The molecule has 4 nitrogen and oxygen atoms in total. The van der Waals surface area contributed by atoms with Crippen molar-refractivity contribution in [3.05, 3.63) is 6.20 Å². The van der Waals surface area contributed by atoms with Gasteiger partial charge in [-0.15, -0.1) is 5.10 Å². The van der Waals surface area contributed by atoms with Crippen LogP contribution in [0.4, 0.5) is 5.82 Å². The summed E-state index contributed by atoms with van der Waals surface area (Å²) < 4.78 is 1.59. The number of aromatic nitrogens is 3. The van der Waals surface area contributed by atoms with Crippen molar-refractivity contribution in [2.45, 2.75) is 0 Å². The van der Waals surface area contributed by atoms with Crippen LogP contribution in [-0.2, 0) is 0 Å². The van der Waals surface area contributed by atoms with Crippen molar-refractivity contribution in [3.8, 4) is 0 Å². The fraction of sp³-hybridized carbons (Fsp3) is 0.333. The molecule has 1 heterocycles. The number of hydrogen-bond acceptors (Lipinski definition) is 4. The zero-order valence-corrected chi connectivity index (χ0v) is 5.22. The minimum Gasteiger partial charge on any atom is -0.381 e. The molecule has 0 atom stereocenters. The van der Waals surface area contributed by atoms with Crippen molar-refractivity contribution in [1.29, 1.82) is 0 Å². The van der Waals surface area contributed by atoms with Crippen LogP contribution in [0.1, 0.15) is 0 Å². The molecule has 0 fully saturated rings. The van der Waals surface area contributed by atoms with Crippen molar-refractivity contribution >= 4 is 17.8 Å². The smallest absolute Gasteiger partial charge is 0.167 e. The van der Waals surface area contributed by atoms with Crippen molar-refractivity contribution in [2.24, 2.45) is 0 Å². The van der Waals surface area contributed by atoms with Gasteiger partial charge in [0.1, 0.15) is 0 Å². The molecule has 1 aromatic heterocycles. The van der Waals surface area contributed by atoms with Gasteiger partial charge in [0.2, 0.25) is 0 Å². The highest BCUT2D eigenvalue weighted by molar-refractivity contribution is 7.97. The second kappa shape index (κ2) is 2.04. The predicted octanol–water partition coefficient (Wildman–Crippen LogP) is -0.0136.